The zero-order valence-corrected chi connectivity index (χ0v) is 10.9. The minimum Gasteiger partial charge on any atom is -0.491 e. The van der Waals surface area contributed by atoms with E-state index < -0.39 is 5.91 Å². The first-order valence-corrected chi connectivity index (χ1v) is 6.61. The van der Waals surface area contributed by atoms with Crippen molar-refractivity contribution in [3.63, 3.8) is 0 Å². The fourth-order valence-electron chi connectivity index (χ4n) is 2.27. The number of carbonyl (C=O) groups excluding carboxylic acids is 1. The van der Waals surface area contributed by atoms with Gasteiger partial charge in [-0.15, -0.1) is 0 Å². The number of carbonyl (C=O) groups is 1. The molecule has 5 heteroatoms. The summed E-state index contributed by atoms with van der Waals surface area (Å²) >= 11 is 0. The number of benzene rings is 1. The topological polar surface area (TPSA) is 87.6 Å². The van der Waals surface area contributed by atoms with E-state index in [2.05, 4.69) is 0 Å². The largest absolute Gasteiger partial charge is 0.491 e. The number of hydrogen-bond acceptors (Lipinski definition) is 4. The molecule has 104 valence electrons. The lowest BCUT2D eigenvalue weighted by molar-refractivity contribution is 0.0968. The van der Waals surface area contributed by atoms with Gasteiger partial charge in [0, 0.05) is 6.61 Å². The van der Waals surface area contributed by atoms with Crippen LogP contribution in [0.25, 0.3) is 0 Å². The summed E-state index contributed by atoms with van der Waals surface area (Å²) in [5.74, 6) is -0.135. The Hall–Kier alpha value is -1.75. The van der Waals surface area contributed by atoms with Gasteiger partial charge in [-0.3, -0.25) is 4.79 Å². The Morgan fingerprint density at radius 2 is 2.32 bits per heavy atom. The van der Waals surface area contributed by atoms with Gasteiger partial charge in [-0.05, 0) is 37.8 Å². The van der Waals surface area contributed by atoms with Crippen LogP contribution < -0.4 is 16.2 Å². The minimum absolute atomic E-state index is 0.331. The molecule has 1 saturated heterocycles. The molecule has 0 radical (unpaired) electrons. The summed E-state index contributed by atoms with van der Waals surface area (Å²) in [6.45, 7) is 1.37. The molecule has 1 unspecified atom stereocenters. The van der Waals surface area contributed by atoms with Gasteiger partial charge in [-0.2, -0.15) is 0 Å². The van der Waals surface area contributed by atoms with Crippen LogP contribution in [0.3, 0.4) is 0 Å². The predicted octanol–water partition coefficient (Wildman–Crippen LogP) is 1.71. The summed E-state index contributed by atoms with van der Waals surface area (Å²) in [6.07, 6.45) is 4.46. The Morgan fingerprint density at radius 1 is 1.47 bits per heavy atom. The minimum atomic E-state index is -0.526. The average molecular weight is 264 g/mol. The first-order chi connectivity index (χ1) is 9.18. The molecule has 1 heterocycles. The van der Waals surface area contributed by atoms with Gasteiger partial charge in [0.25, 0.3) is 5.91 Å². The Balaban J connectivity index is 1.86. The van der Waals surface area contributed by atoms with Gasteiger partial charge in [-0.1, -0.05) is 6.07 Å². The number of anilines is 1. The molecule has 1 amide bonds. The van der Waals surface area contributed by atoms with Crippen LogP contribution in [0.4, 0.5) is 5.69 Å². The second-order valence-corrected chi connectivity index (χ2v) is 4.71. The summed E-state index contributed by atoms with van der Waals surface area (Å²) in [4.78, 5) is 11.3. The lowest BCUT2D eigenvalue weighted by atomic mass is 10.1. The number of amides is 1. The number of hydrogen-bond donors (Lipinski definition) is 2. The maximum Gasteiger partial charge on any atom is 0.252 e. The van der Waals surface area contributed by atoms with Crippen molar-refractivity contribution in [3.8, 4) is 5.75 Å². The fraction of sp³-hybridized carbons (Fsp3) is 0.500. The average Bonchev–Trinajstić information content (AvgIpc) is 2.88. The molecule has 1 aliphatic rings. The van der Waals surface area contributed by atoms with Gasteiger partial charge >= 0.3 is 0 Å². The van der Waals surface area contributed by atoms with E-state index in [4.69, 9.17) is 20.9 Å². The monoisotopic (exact) mass is 264 g/mol. The highest BCUT2D eigenvalue weighted by Gasteiger charge is 2.16. The van der Waals surface area contributed by atoms with Crippen LogP contribution >= 0.6 is 0 Å². The van der Waals surface area contributed by atoms with Crippen molar-refractivity contribution in [1.82, 2.24) is 0 Å². The molecule has 1 aromatic carbocycles. The number of ether oxygens (including phenoxy) is 2. The molecule has 1 atom stereocenters. The number of nitrogen functional groups attached to an aromatic ring is 1. The fourth-order valence-corrected chi connectivity index (χ4v) is 2.27. The Kier molecular flexibility index (Phi) is 4.63. The highest BCUT2D eigenvalue weighted by Crippen LogP contribution is 2.26. The van der Waals surface area contributed by atoms with Crippen molar-refractivity contribution in [2.75, 3.05) is 18.9 Å². The Bertz CT molecular complexity index is 442. The van der Waals surface area contributed by atoms with Crippen molar-refractivity contribution >= 4 is 11.6 Å². The highest BCUT2D eigenvalue weighted by molar-refractivity contribution is 5.97. The number of nitrogens with two attached hydrogens (primary N) is 2. The van der Waals surface area contributed by atoms with Crippen LogP contribution in [0.1, 0.15) is 36.0 Å². The SMILES string of the molecule is NC(=O)c1cccc(N)c1OCCCC1CCCO1. The highest BCUT2D eigenvalue weighted by atomic mass is 16.5. The van der Waals surface area contributed by atoms with Gasteiger partial charge in [0.15, 0.2) is 5.75 Å². The summed E-state index contributed by atoms with van der Waals surface area (Å²) in [7, 11) is 0. The second-order valence-electron chi connectivity index (χ2n) is 4.71. The third kappa shape index (κ3) is 3.61. The van der Waals surface area contributed by atoms with E-state index in [0.29, 0.717) is 29.7 Å². The first kappa shape index (κ1) is 13.7. The molecule has 5 nitrogen and oxygen atoms in total. The molecular formula is C14H20N2O3. The van der Waals surface area contributed by atoms with E-state index >= 15 is 0 Å². The number of rotatable bonds is 6. The third-order valence-corrected chi connectivity index (χ3v) is 3.25. The van der Waals surface area contributed by atoms with Crippen molar-refractivity contribution < 1.29 is 14.3 Å². The van der Waals surface area contributed by atoms with Crippen LogP contribution in [0, 0.1) is 0 Å². The molecule has 0 bridgehead atoms. The Labute approximate surface area is 112 Å². The molecule has 1 fully saturated rings. The van der Waals surface area contributed by atoms with Crippen molar-refractivity contribution in [2.24, 2.45) is 5.73 Å². The van der Waals surface area contributed by atoms with E-state index in [-0.39, 0.29) is 0 Å². The van der Waals surface area contributed by atoms with E-state index in [1.165, 1.54) is 0 Å². The molecule has 19 heavy (non-hydrogen) atoms. The molecule has 0 saturated carbocycles. The first-order valence-electron chi connectivity index (χ1n) is 6.61. The van der Waals surface area contributed by atoms with Gasteiger partial charge in [0.1, 0.15) is 0 Å². The van der Waals surface area contributed by atoms with E-state index in [0.717, 1.165) is 32.3 Å². The van der Waals surface area contributed by atoms with Gasteiger partial charge in [-0.25, -0.2) is 0 Å². The van der Waals surface area contributed by atoms with Crippen LogP contribution in [0.5, 0.6) is 5.75 Å². The molecule has 0 aliphatic carbocycles. The molecule has 4 N–H and O–H groups in total. The smallest absolute Gasteiger partial charge is 0.252 e. The molecule has 0 spiro atoms. The normalized spacial score (nSPS) is 18.4. The summed E-state index contributed by atoms with van der Waals surface area (Å²) < 4.78 is 11.1. The van der Waals surface area contributed by atoms with E-state index in [9.17, 15) is 4.79 Å². The lowest BCUT2D eigenvalue weighted by Crippen LogP contribution is -2.15. The van der Waals surface area contributed by atoms with E-state index in [1.807, 2.05) is 0 Å². The quantitative estimate of drug-likeness (QED) is 0.604. The number of primary amides is 1. The number of para-hydroxylation sites is 1. The maximum absolute atomic E-state index is 11.3. The van der Waals surface area contributed by atoms with E-state index in [1.54, 1.807) is 18.2 Å². The zero-order chi connectivity index (χ0) is 13.7. The molecule has 1 aliphatic heterocycles. The maximum atomic E-state index is 11.3. The third-order valence-electron chi connectivity index (χ3n) is 3.25. The van der Waals surface area contributed by atoms with Gasteiger partial charge in [0.05, 0.1) is 24.0 Å². The standard InChI is InChI=1S/C14H20N2O3/c15-12-7-1-6-11(14(16)17)13(12)19-9-3-5-10-4-2-8-18-10/h1,6-7,10H,2-5,8-9,15H2,(H2,16,17). The van der Waals surface area contributed by atoms with Crippen LogP contribution in [-0.2, 0) is 4.74 Å². The van der Waals surface area contributed by atoms with Gasteiger partial charge in [0.2, 0.25) is 0 Å². The lowest BCUT2D eigenvalue weighted by Gasteiger charge is -2.13. The second kappa shape index (κ2) is 6.43. The molecular weight excluding hydrogens is 244 g/mol. The van der Waals surface area contributed by atoms with Crippen LogP contribution in [0.15, 0.2) is 18.2 Å². The predicted molar refractivity (Wildman–Crippen MR) is 73.1 cm³/mol. The van der Waals surface area contributed by atoms with Crippen molar-refractivity contribution in [2.45, 2.75) is 31.8 Å². The van der Waals surface area contributed by atoms with Crippen molar-refractivity contribution in [3.05, 3.63) is 23.8 Å². The molecule has 0 aromatic heterocycles. The summed E-state index contributed by atoms with van der Waals surface area (Å²) in [6, 6.07) is 5.00. The summed E-state index contributed by atoms with van der Waals surface area (Å²) in [5, 5.41) is 0. The van der Waals surface area contributed by atoms with Crippen LogP contribution in [-0.4, -0.2) is 25.2 Å². The zero-order valence-electron chi connectivity index (χ0n) is 10.9. The van der Waals surface area contributed by atoms with Crippen molar-refractivity contribution in [1.29, 1.82) is 0 Å². The van der Waals surface area contributed by atoms with Crippen LogP contribution in [0.2, 0.25) is 0 Å². The molecule has 1 aromatic rings. The molecule has 2 rings (SSSR count). The summed E-state index contributed by atoms with van der Waals surface area (Å²) in [5.41, 5.74) is 11.9. The van der Waals surface area contributed by atoms with Gasteiger partial charge < -0.3 is 20.9 Å². The Morgan fingerprint density at radius 3 is 3.00 bits per heavy atom.